The number of sulfonamides is 1. The Labute approximate surface area is 188 Å². The Hall–Kier alpha value is -2.77. The van der Waals surface area contributed by atoms with E-state index >= 15 is 0 Å². The molecule has 0 radical (unpaired) electrons. The lowest BCUT2D eigenvalue weighted by molar-refractivity contribution is 0.170. The molecule has 0 atom stereocenters. The van der Waals surface area contributed by atoms with Gasteiger partial charge in [-0.1, -0.05) is 50.7 Å². The average molecular weight is 456 g/mol. The van der Waals surface area contributed by atoms with Crippen molar-refractivity contribution in [2.24, 2.45) is 0 Å². The SMILES string of the molecule is N#CC(=CNc1ccccc1S(=O)(=O)N(C1CCCCC1)C1CCCCC1)c1nn[nH]n1. The summed E-state index contributed by atoms with van der Waals surface area (Å²) in [5, 5.41) is 25.9. The van der Waals surface area contributed by atoms with E-state index < -0.39 is 10.0 Å². The van der Waals surface area contributed by atoms with Gasteiger partial charge in [-0.2, -0.15) is 14.8 Å². The summed E-state index contributed by atoms with van der Waals surface area (Å²) in [5.41, 5.74) is 0.586. The zero-order valence-electron chi connectivity index (χ0n) is 18.1. The highest BCUT2D eigenvalue weighted by molar-refractivity contribution is 7.89. The monoisotopic (exact) mass is 455 g/mol. The fraction of sp³-hybridized carbons (Fsp3) is 0.545. The second kappa shape index (κ2) is 10.2. The third kappa shape index (κ3) is 4.84. The van der Waals surface area contributed by atoms with Gasteiger partial charge in [-0.25, -0.2) is 8.42 Å². The van der Waals surface area contributed by atoms with Crippen LogP contribution in [0.4, 0.5) is 5.69 Å². The summed E-state index contributed by atoms with van der Waals surface area (Å²) in [7, 11) is -3.73. The van der Waals surface area contributed by atoms with E-state index in [2.05, 4.69) is 25.9 Å². The number of anilines is 1. The number of nitrogens with zero attached hydrogens (tertiary/aromatic N) is 5. The average Bonchev–Trinajstić information content (AvgIpc) is 3.36. The Morgan fingerprint density at radius 1 is 1.06 bits per heavy atom. The highest BCUT2D eigenvalue weighted by Gasteiger charge is 2.39. The maximum absolute atomic E-state index is 14.1. The van der Waals surface area contributed by atoms with Crippen LogP contribution in [0.2, 0.25) is 0 Å². The number of nitriles is 1. The molecule has 0 amide bonds. The smallest absolute Gasteiger partial charge is 0.245 e. The molecule has 9 nitrogen and oxygen atoms in total. The number of hydrogen-bond donors (Lipinski definition) is 2. The van der Waals surface area contributed by atoms with Crippen LogP contribution in [0.25, 0.3) is 5.57 Å². The Balaban J connectivity index is 1.68. The molecule has 0 bridgehead atoms. The lowest BCUT2D eigenvalue weighted by Gasteiger charge is -2.40. The number of para-hydroxylation sites is 1. The lowest BCUT2D eigenvalue weighted by atomic mass is 9.91. The summed E-state index contributed by atoms with van der Waals surface area (Å²) in [5.74, 6) is 0.145. The first-order valence-corrected chi connectivity index (χ1v) is 12.8. The van der Waals surface area contributed by atoms with Crippen LogP contribution in [-0.2, 0) is 10.0 Å². The molecule has 32 heavy (non-hydrogen) atoms. The number of nitrogens with one attached hydrogen (secondary N) is 2. The molecule has 2 fully saturated rings. The predicted octanol–water partition coefficient (Wildman–Crippen LogP) is 3.83. The summed E-state index contributed by atoms with van der Waals surface area (Å²) in [6.45, 7) is 0. The largest absolute Gasteiger partial charge is 0.359 e. The summed E-state index contributed by atoms with van der Waals surface area (Å²) in [6.07, 6.45) is 11.7. The minimum Gasteiger partial charge on any atom is -0.359 e. The van der Waals surface area contributed by atoms with Gasteiger partial charge in [0.15, 0.2) is 0 Å². The van der Waals surface area contributed by atoms with Crippen LogP contribution in [0.3, 0.4) is 0 Å². The highest BCUT2D eigenvalue weighted by Crippen LogP contribution is 2.36. The number of tetrazole rings is 1. The third-order valence-corrected chi connectivity index (χ3v) is 8.45. The van der Waals surface area contributed by atoms with E-state index in [-0.39, 0.29) is 28.4 Å². The Morgan fingerprint density at radius 3 is 2.25 bits per heavy atom. The summed E-state index contributed by atoms with van der Waals surface area (Å²) in [6, 6.07) is 8.99. The zero-order chi connectivity index (χ0) is 22.4. The van der Waals surface area contributed by atoms with Gasteiger partial charge in [-0.15, -0.1) is 10.2 Å². The van der Waals surface area contributed by atoms with E-state index in [0.717, 1.165) is 51.4 Å². The quantitative estimate of drug-likeness (QED) is 0.607. The van der Waals surface area contributed by atoms with Crippen LogP contribution >= 0.6 is 0 Å². The predicted molar refractivity (Wildman–Crippen MR) is 121 cm³/mol. The van der Waals surface area contributed by atoms with Crippen molar-refractivity contribution < 1.29 is 8.42 Å². The molecular formula is C22H29N7O2S. The van der Waals surface area contributed by atoms with Crippen molar-refractivity contribution in [1.29, 1.82) is 5.26 Å². The molecule has 2 aliphatic rings. The summed E-state index contributed by atoms with van der Waals surface area (Å²) >= 11 is 0. The van der Waals surface area contributed by atoms with Crippen molar-refractivity contribution in [3.05, 3.63) is 36.3 Å². The normalized spacial score (nSPS) is 19.1. The van der Waals surface area contributed by atoms with E-state index in [1.807, 2.05) is 10.4 Å². The van der Waals surface area contributed by atoms with Crippen molar-refractivity contribution in [1.82, 2.24) is 24.9 Å². The van der Waals surface area contributed by atoms with Gasteiger partial charge in [0.05, 0.1) is 5.69 Å². The minimum absolute atomic E-state index is 0.0504. The van der Waals surface area contributed by atoms with Gasteiger partial charge in [0.1, 0.15) is 16.5 Å². The molecule has 10 heteroatoms. The molecule has 1 aromatic heterocycles. The van der Waals surface area contributed by atoms with Gasteiger partial charge < -0.3 is 5.32 Å². The molecule has 0 unspecified atom stereocenters. The fourth-order valence-corrected chi connectivity index (χ4v) is 6.95. The molecule has 170 valence electrons. The fourth-order valence-electron chi connectivity index (χ4n) is 4.86. The molecule has 1 aromatic carbocycles. The van der Waals surface area contributed by atoms with Gasteiger partial charge in [0.2, 0.25) is 15.8 Å². The lowest BCUT2D eigenvalue weighted by Crippen LogP contribution is -2.48. The van der Waals surface area contributed by atoms with Crippen LogP contribution in [-0.4, -0.2) is 45.4 Å². The number of benzene rings is 1. The number of rotatable bonds is 7. The van der Waals surface area contributed by atoms with E-state index in [1.54, 1.807) is 24.3 Å². The maximum atomic E-state index is 14.1. The van der Waals surface area contributed by atoms with Crippen molar-refractivity contribution >= 4 is 21.3 Å². The van der Waals surface area contributed by atoms with Crippen LogP contribution < -0.4 is 5.32 Å². The summed E-state index contributed by atoms with van der Waals surface area (Å²) in [4.78, 5) is 0.234. The number of H-pyrrole nitrogens is 1. The molecule has 2 aliphatic carbocycles. The number of hydrogen-bond acceptors (Lipinski definition) is 7. The van der Waals surface area contributed by atoms with Gasteiger partial charge >= 0.3 is 0 Å². The molecule has 2 saturated carbocycles. The first-order chi connectivity index (χ1) is 15.6. The van der Waals surface area contributed by atoms with E-state index in [9.17, 15) is 13.7 Å². The van der Waals surface area contributed by atoms with E-state index in [0.29, 0.717) is 5.69 Å². The second-order valence-electron chi connectivity index (χ2n) is 8.46. The van der Waals surface area contributed by atoms with E-state index in [1.165, 1.54) is 19.0 Å². The second-order valence-corrected chi connectivity index (χ2v) is 10.3. The Bertz CT molecular complexity index is 1050. The van der Waals surface area contributed by atoms with Crippen LogP contribution in [0.1, 0.15) is 70.0 Å². The molecule has 1 heterocycles. The number of aromatic amines is 1. The van der Waals surface area contributed by atoms with Crippen molar-refractivity contribution in [2.45, 2.75) is 81.2 Å². The van der Waals surface area contributed by atoms with Crippen LogP contribution in [0.15, 0.2) is 35.4 Å². The van der Waals surface area contributed by atoms with Crippen molar-refractivity contribution in [3.63, 3.8) is 0 Å². The molecule has 0 aliphatic heterocycles. The van der Waals surface area contributed by atoms with Crippen LogP contribution in [0, 0.1) is 11.3 Å². The Morgan fingerprint density at radius 2 is 1.69 bits per heavy atom. The molecular weight excluding hydrogens is 426 g/mol. The topological polar surface area (TPSA) is 128 Å². The standard InChI is InChI=1S/C22H29N7O2S/c23-15-17(22-25-27-28-26-22)16-24-20-13-7-8-14-21(20)32(30,31)29(18-9-3-1-4-10-18)19-11-5-2-6-12-19/h7-8,13-14,16,18-19,24H,1-6,9-12H2,(H,25,26,27,28). The van der Waals surface area contributed by atoms with Crippen molar-refractivity contribution in [3.8, 4) is 6.07 Å². The maximum Gasteiger partial charge on any atom is 0.245 e. The molecule has 0 saturated heterocycles. The highest BCUT2D eigenvalue weighted by atomic mass is 32.2. The zero-order valence-corrected chi connectivity index (χ0v) is 18.9. The van der Waals surface area contributed by atoms with Gasteiger partial charge in [0.25, 0.3) is 0 Å². The van der Waals surface area contributed by atoms with Gasteiger partial charge in [-0.05, 0) is 43.0 Å². The number of allylic oxidation sites excluding steroid dienone is 1. The molecule has 4 rings (SSSR count). The summed E-state index contributed by atoms with van der Waals surface area (Å²) < 4.78 is 29.9. The Kier molecular flexibility index (Phi) is 7.17. The molecule has 2 aromatic rings. The van der Waals surface area contributed by atoms with Gasteiger partial charge in [-0.3, -0.25) is 0 Å². The first kappa shape index (κ1) is 22.4. The first-order valence-electron chi connectivity index (χ1n) is 11.3. The van der Waals surface area contributed by atoms with E-state index in [4.69, 9.17) is 0 Å². The minimum atomic E-state index is -3.73. The van der Waals surface area contributed by atoms with Crippen LogP contribution in [0.5, 0.6) is 0 Å². The third-order valence-electron chi connectivity index (χ3n) is 6.39. The van der Waals surface area contributed by atoms with Gasteiger partial charge in [0, 0.05) is 18.3 Å². The molecule has 0 spiro atoms. The number of aromatic nitrogens is 4. The van der Waals surface area contributed by atoms with Crippen molar-refractivity contribution in [2.75, 3.05) is 5.32 Å². The molecule has 2 N–H and O–H groups in total.